The van der Waals surface area contributed by atoms with E-state index in [0.29, 0.717) is 25.8 Å². The number of nitrogens with one attached hydrogen (secondary N) is 2. The fourth-order valence-electron chi connectivity index (χ4n) is 1.57. The van der Waals surface area contributed by atoms with Gasteiger partial charge in [0.2, 0.25) is 0 Å². The molecule has 21 heavy (non-hydrogen) atoms. The number of hydrogen-bond donors (Lipinski definition) is 2. The smallest absolute Gasteiger partial charge is 0.258 e. The van der Waals surface area contributed by atoms with Crippen LogP contribution in [0.1, 0.15) is 10.4 Å². The van der Waals surface area contributed by atoms with E-state index in [-0.39, 0.29) is 11.0 Å². The Labute approximate surface area is 145 Å². The molecular weight excluding hydrogens is 395 g/mol. The van der Waals surface area contributed by atoms with Gasteiger partial charge in [0.1, 0.15) is 0 Å². The molecule has 2 rings (SSSR count). The Kier molecular flexibility index (Phi) is 5.58. The highest BCUT2D eigenvalue weighted by Gasteiger charge is 2.12. The summed E-state index contributed by atoms with van der Waals surface area (Å²) in [5, 5.41) is 6.31. The van der Waals surface area contributed by atoms with Crippen molar-refractivity contribution in [2.45, 2.75) is 0 Å². The Morgan fingerprint density at radius 3 is 2.52 bits per heavy atom. The summed E-state index contributed by atoms with van der Waals surface area (Å²) in [7, 11) is 0. The zero-order valence-corrected chi connectivity index (χ0v) is 14.4. The summed E-state index contributed by atoms with van der Waals surface area (Å²) in [4.78, 5) is 12.1. The van der Waals surface area contributed by atoms with Gasteiger partial charge in [0, 0.05) is 4.47 Å². The molecular formula is C14H9BrCl2N2OS. The average Bonchev–Trinajstić information content (AvgIpc) is 2.44. The van der Waals surface area contributed by atoms with Crippen molar-refractivity contribution in [1.29, 1.82) is 0 Å². The van der Waals surface area contributed by atoms with E-state index in [4.69, 9.17) is 35.4 Å². The molecule has 2 N–H and O–H groups in total. The van der Waals surface area contributed by atoms with Gasteiger partial charge >= 0.3 is 0 Å². The summed E-state index contributed by atoms with van der Waals surface area (Å²) in [5.41, 5.74) is 1.01. The summed E-state index contributed by atoms with van der Waals surface area (Å²) in [6.07, 6.45) is 0. The molecule has 0 fully saturated rings. The Bertz CT molecular complexity index is 709. The van der Waals surface area contributed by atoms with Crippen LogP contribution in [0.25, 0.3) is 0 Å². The van der Waals surface area contributed by atoms with E-state index in [2.05, 4.69) is 26.6 Å². The first-order valence-corrected chi connectivity index (χ1v) is 7.75. The van der Waals surface area contributed by atoms with Gasteiger partial charge in [0.05, 0.1) is 21.3 Å². The van der Waals surface area contributed by atoms with Gasteiger partial charge in [-0.05, 0) is 52.4 Å². The fraction of sp³-hybridized carbons (Fsp3) is 0. The van der Waals surface area contributed by atoms with Crippen LogP contribution in [0.5, 0.6) is 0 Å². The molecule has 0 heterocycles. The van der Waals surface area contributed by atoms with Gasteiger partial charge in [-0.3, -0.25) is 10.1 Å². The molecule has 0 aromatic heterocycles. The lowest BCUT2D eigenvalue weighted by Crippen LogP contribution is -2.34. The molecule has 0 atom stereocenters. The highest BCUT2D eigenvalue weighted by Crippen LogP contribution is 2.29. The summed E-state index contributed by atoms with van der Waals surface area (Å²) in [6.45, 7) is 0. The minimum atomic E-state index is -0.321. The van der Waals surface area contributed by atoms with E-state index in [1.807, 2.05) is 6.07 Å². The lowest BCUT2D eigenvalue weighted by Gasteiger charge is -2.12. The van der Waals surface area contributed by atoms with Crippen LogP contribution in [0.2, 0.25) is 10.0 Å². The second-order valence-electron chi connectivity index (χ2n) is 3.99. The number of carbonyl (C=O) groups is 1. The zero-order chi connectivity index (χ0) is 15.4. The Morgan fingerprint density at radius 1 is 1.10 bits per heavy atom. The van der Waals surface area contributed by atoms with Crippen molar-refractivity contribution < 1.29 is 4.79 Å². The van der Waals surface area contributed by atoms with Crippen molar-refractivity contribution in [2.24, 2.45) is 0 Å². The van der Waals surface area contributed by atoms with Crippen LogP contribution in [0.4, 0.5) is 5.69 Å². The first-order chi connectivity index (χ1) is 9.99. The highest BCUT2D eigenvalue weighted by molar-refractivity contribution is 9.10. The number of amides is 1. The van der Waals surface area contributed by atoms with Crippen molar-refractivity contribution in [2.75, 3.05) is 5.32 Å². The van der Waals surface area contributed by atoms with E-state index in [9.17, 15) is 4.79 Å². The van der Waals surface area contributed by atoms with Gasteiger partial charge in [-0.15, -0.1) is 0 Å². The maximum Gasteiger partial charge on any atom is 0.258 e. The third kappa shape index (κ3) is 4.17. The third-order valence-electron chi connectivity index (χ3n) is 2.55. The molecule has 2 aromatic rings. The SMILES string of the molecule is O=C(NC(=S)Nc1cccc(Cl)c1Cl)c1ccccc1Br. The molecule has 2 aromatic carbocycles. The molecule has 0 aliphatic rings. The minimum absolute atomic E-state index is 0.139. The Morgan fingerprint density at radius 2 is 1.81 bits per heavy atom. The average molecular weight is 404 g/mol. The fourth-order valence-corrected chi connectivity index (χ4v) is 2.58. The van der Waals surface area contributed by atoms with Crippen LogP contribution < -0.4 is 10.6 Å². The van der Waals surface area contributed by atoms with Crippen LogP contribution in [0.3, 0.4) is 0 Å². The molecule has 0 aliphatic carbocycles. The van der Waals surface area contributed by atoms with Gasteiger partial charge in [-0.1, -0.05) is 41.4 Å². The number of hydrogen-bond acceptors (Lipinski definition) is 2. The number of thiocarbonyl (C=S) groups is 1. The van der Waals surface area contributed by atoms with Crippen LogP contribution in [-0.2, 0) is 0 Å². The number of rotatable bonds is 2. The lowest BCUT2D eigenvalue weighted by molar-refractivity contribution is 0.0977. The standard InChI is InChI=1S/C14H9BrCl2N2OS/c15-9-5-2-1-4-8(9)13(20)19-14(21)18-11-7-3-6-10(16)12(11)17/h1-7H,(H2,18,19,20,21). The Balaban J connectivity index is 2.07. The summed E-state index contributed by atoms with van der Waals surface area (Å²) in [5.74, 6) is -0.321. The van der Waals surface area contributed by atoms with E-state index in [0.717, 1.165) is 0 Å². The molecule has 0 saturated carbocycles. The minimum Gasteiger partial charge on any atom is -0.331 e. The summed E-state index contributed by atoms with van der Waals surface area (Å²) < 4.78 is 0.686. The third-order valence-corrected chi connectivity index (χ3v) is 4.26. The van der Waals surface area contributed by atoms with Crippen molar-refractivity contribution in [3.05, 3.63) is 62.5 Å². The second kappa shape index (κ2) is 7.22. The normalized spacial score (nSPS) is 10.0. The number of carbonyl (C=O) groups excluding carboxylic acids is 1. The molecule has 0 aliphatic heterocycles. The van der Waals surface area contributed by atoms with Gasteiger partial charge in [0.15, 0.2) is 5.11 Å². The molecule has 0 radical (unpaired) electrons. The molecule has 0 saturated heterocycles. The molecule has 3 nitrogen and oxygen atoms in total. The monoisotopic (exact) mass is 402 g/mol. The molecule has 1 amide bonds. The van der Waals surface area contributed by atoms with E-state index >= 15 is 0 Å². The van der Waals surface area contributed by atoms with Crippen LogP contribution >= 0.6 is 51.3 Å². The first kappa shape index (κ1) is 16.2. The van der Waals surface area contributed by atoms with Crippen molar-refractivity contribution in [3.8, 4) is 0 Å². The van der Waals surface area contributed by atoms with Gasteiger partial charge in [-0.2, -0.15) is 0 Å². The molecule has 7 heteroatoms. The second-order valence-corrected chi connectivity index (χ2v) is 6.04. The van der Waals surface area contributed by atoms with Crippen molar-refractivity contribution in [3.63, 3.8) is 0 Å². The van der Waals surface area contributed by atoms with E-state index in [1.165, 1.54) is 0 Å². The molecule has 108 valence electrons. The number of halogens is 3. The van der Waals surface area contributed by atoms with Crippen LogP contribution in [0.15, 0.2) is 46.9 Å². The predicted molar refractivity (Wildman–Crippen MR) is 94.3 cm³/mol. The number of benzene rings is 2. The van der Waals surface area contributed by atoms with Gasteiger partial charge in [0.25, 0.3) is 5.91 Å². The van der Waals surface area contributed by atoms with Crippen LogP contribution in [-0.4, -0.2) is 11.0 Å². The summed E-state index contributed by atoms with van der Waals surface area (Å²) >= 11 is 20.4. The van der Waals surface area contributed by atoms with E-state index in [1.54, 1.807) is 36.4 Å². The maximum atomic E-state index is 12.1. The summed E-state index contributed by atoms with van der Waals surface area (Å²) in [6, 6.07) is 12.2. The van der Waals surface area contributed by atoms with Crippen molar-refractivity contribution >= 4 is 68.1 Å². The quantitative estimate of drug-likeness (QED) is 0.702. The van der Waals surface area contributed by atoms with E-state index < -0.39 is 0 Å². The molecule has 0 spiro atoms. The highest BCUT2D eigenvalue weighted by atomic mass is 79.9. The topological polar surface area (TPSA) is 41.1 Å². The van der Waals surface area contributed by atoms with Crippen molar-refractivity contribution in [1.82, 2.24) is 5.32 Å². The molecule has 0 unspecified atom stereocenters. The first-order valence-electron chi connectivity index (χ1n) is 5.80. The lowest BCUT2D eigenvalue weighted by atomic mass is 10.2. The largest absolute Gasteiger partial charge is 0.331 e. The maximum absolute atomic E-state index is 12.1. The molecule has 0 bridgehead atoms. The predicted octanol–water partition coefficient (Wildman–Crippen LogP) is 4.88. The van der Waals surface area contributed by atoms with Gasteiger partial charge < -0.3 is 5.32 Å². The van der Waals surface area contributed by atoms with Crippen LogP contribution in [0, 0.1) is 0 Å². The van der Waals surface area contributed by atoms with Gasteiger partial charge in [-0.25, -0.2) is 0 Å². The Hall–Kier alpha value is -1.14. The zero-order valence-electron chi connectivity index (χ0n) is 10.5. The number of anilines is 1.